The molecule has 0 fully saturated rings. The summed E-state index contributed by atoms with van der Waals surface area (Å²) in [6.45, 7) is -0.325. The first-order valence-corrected chi connectivity index (χ1v) is 7.50. The van der Waals surface area contributed by atoms with Gasteiger partial charge in [0.1, 0.15) is 0 Å². The molecule has 0 amide bonds. The Hall–Kier alpha value is -2.12. The molecular weight excluding hydrogens is 328 g/mol. The lowest BCUT2D eigenvalue weighted by atomic mass is 10.1. The number of nitro benzene ring substituents is 1. The van der Waals surface area contributed by atoms with E-state index in [1.807, 2.05) is 0 Å². The van der Waals surface area contributed by atoms with E-state index in [0.717, 1.165) is 4.90 Å². The molecular formula is C14H11ClN2O4S. The number of hydrogen-bond acceptors (Lipinski definition) is 5. The molecule has 1 atom stereocenters. The van der Waals surface area contributed by atoms with Gasteiger partial charge in [0.05, 0.1) is 10.2 Å². The van der Waals surface area contributed by atoms with Crippen molar-refractivity contribution in [2.75, 3.05) is 6.54 Å². The van der Waals surface area contributed by atoms with Crippen LogP contribution >= 0.6 is 23.4 Å². The normalized spacial score (nSPS) is 11.9. The highest BCUT2D eigenvalue weighted by Gasteiger charge is 2.21. The van der Waals surface area contributed by atoms with Crippen molar-refractivity contribution in [1.82, 2.24) is 0 Å². The minimum absolute atomic E-state index is 0.0810. The maximum atomic E-state index is 10.9. The fourth-order valence-electron chi connectivity index (χ4n) is 1.86. The van der Waals surface area contributed by atoms with Gasteiger partial charge in [0.25, 0.3) is 5.69 Å². The first-order chi connectivity index (χ1) is 10.5. The molecule has 114 valence electrons. The molecule has 0 aromatic heterocycles. The molecule has 0 N–H and O–H groups in total. The zero-order valence-corrected chi connectivity index (χ0v) is 12.8. The number of non-ortho nitro benzene ring substituents is 1. The van der Waals surface area contributed by atoms with Crippen LogP contribution in [0, 0.1) is 20.2 Å². The zero-order valence-electron chi connectivity index (χ0n) is 11.2. The highest BCUT2D eigenvalue weighted by Crippen LogP contribution is 2.36. The molecule has 8 heteroatoms. The molecule has 0 aliphatic rings. The first-order valence-electron chi connectivity index (χ1n) is 6.24. The topological polar surface area (TPSA) is 86.3 Å². The number of benzene rings is 2. The van der Waals surface area contributed by atoms with E-state index >= 15 is 0 Å². The van der Waals surface area contributed by atoms with Crippen LogP contribution in [0.4, 0.5) is 5.69 Å². The summed E-state index contributed by atoms with van der Waals surface area (Å²) in [5.41, 5.74) is 0.466. The Balaban J connectivity index is 2.29. The Kier molecular flexibility index (Phi) is 5.35. The second-order valence-electron chi connectivity index (χ2n) is 4.43. The van der Waals surface area contributed by atoms with Gasteiger partial charge in [-0.1, -0.05) is 23.7 Å². The van der Waals surface area contributed by atoms with Crippen molar-refractivity contribution >= 4 is 29.1 Å². The fraction of sp³-hybridized carbons (Fsp3) is 0.143. The number of hydrogen-bond donors (Lipinski definition) is 0. The highest BCUT2D eigenvalue weighted by molar-refractivity contribution is 7.99. The van der Waals surface area contributed by atoms with Gasteiger partial charge in [-0.3, -0.25) is 20.2 Å². The van der Waals surface area contributed by atoms with Gasteiger partial charge in [-0.25, -0.2) is 0 Å². The first kappa shape index (κ1) is 16.3. The second kappa shape index (κ2) is 7.24. The fourth-order valence-corrected chi connectivity index (χ4v) is 3.09. The second-order valence-corrected chi connectivity index (χ2v) is 6.14. The predicted molar refractivity (Wildman–Crippen MR) is 85.0 cm³/mol. The number of thioether (sulfide) groups is 1. The van der Waals surface area contributed by atoms with E-state index in [-0.39, 0.29) is 12.2 Å². The van der Waals surface area contributed by atoms with Crippen molar-refractivity contribution in [2.45, 2.75) is 10.1 Å². The predicted octanol–water partition coefficient (Wildman–Crippen LogP) is 4.36. The minimum atomic E-state index is -0.518. The van der Waals surface area contributed by atoms with E-state index in [9.17, 15) is 20.2 Å². The molecule has 1 unspecified atom stereocenters. The third-order valence-corrected chi connectivity index (χ3v) is 4.36. The van der Waals surface area contributed by atoms with Crippen molar-refractivity contribution in [3.8, 4) is 0 Å². The number of nitro groups is 2. The molecule has 0 aliphatic heterocycles. The van der Waals surface area contributed by atoms with Crippen LogP contribution < -0.4 is 0 Å². The molecule has 6 nitrogen and oxygen atoms in total. The summed E-state index contributed by atoms with van der Waals surface area (Å²) in [6, 6.07) is 12.8. The van der Waals surface area contributed by atoms with Crippen LogP contribution in [0.15, 0.2) is 53.4 Å². The quantitative estimate of drug-likeness (QED) is 0.443. The van der Waals surface area contributed by atoms with Crippen molar-refractivity contribution in [1.29, 1.82) is 0 Å². The Bertz CT molecular complexity index is 693. The number of halogens is 1. The summed E-state index contributed by atoms with van der Waals surface area (Å²) in [5, 5.41) is 21.8. The standard InChI is InChI=1S/C14H11ClN2O4S/c15-11-4-6-13(7-5-11)22-14(9-16(18)19)10-2-1-3-12(8-10)17(20)21/h1-8,14H,9H2. The molecule has 22 heavy (non-hydrogen) atoms. The molecule has 0 radical (unpaired) electrons. The molecule has 0 saturated heterocycles. The van der Waals surface area contributed by atoms with Crippen LogP contribution in [0.3, 0.4) is 0 Å². The average molecular weight is 339 g/mol. The van der Waals surface area contributed by atoms with E-state index in [0.29, 0.717) is 10.6 Å². The molecule has 0 heterocycles. The largest absolute Gasteiger partial charge is 0.269 e. The Morgan fingerprint density at radius 2 is 1.77 bits per heavy atom. The van der Waals surface area contributed by atoms with Gasteiger partial charge in [-0.05, 0) is 29.8 Å². The Morgan fingerprint density at radius 1 is 1.09 bits per heavy atom. The molecule has 2 aromatic rings. The van der Waals surface area contributed by atoms with Crippen LogP contribution in [0.2, 0.25) is 5.02 Å². The van der Waals surface area contributed by atoms with Crippen LogP contribution in [-0.2, 0) is 0 Å². The monoisotopic (exact) mass is 338 g/mol. The summed E-state index contributed by atoms with van der Waals surface area (Å²) in [5.74, 6) is 0. The van der Waals surface area contributed by atoms with E-state index in [4.69, 9.17) is 11.6 Å². The summed E-state index contributed by atoms with van der Waals surface area (Å²) >= 11 is 7.09. The molecule has 2 aromatic carbocycles. The van der Waals surface area contributed by atoms with Crippen LogP contribution in [0.1, 0.15) is 10.8 Å². The molecule has 0 spiro atoms. The third kappa shape index (κ3) is 4.44. The average Bonchev–Trinajstić information content (AvgIpc) is 2.48. The molecule has 0 aliphatic carbocycles. The van der Waals surface area contributed by atoms with E-state index in [1.54, 1.807) is 30.3 Å². The van der Waals surface area contributed by atoms with Crippen molar-refractivity contribution in [3.63, 3.8) is 0 Å². The van der Waals surface area contributed by atoms with E-state index in [2.05, 4.69) is 0 Å². The van der Waals surface area contributed by atoms with Gasteiger partial charge in [0, 0.05) is 27.0 Å². The van der Waals surface area contributed by atoms with Crippen LogP contribution in [0.5, 0.6) is 0 Å². The lowest BCUT2D eigenvalue weighted by Gasteiger charge is -2.13. The maximum absolute atomic E-state index is 10.9. The van der Waals surface area contributed by atoms with Gasteiger partial charge < -0.3 is 0 Å². The van der Waals surface area contributed by atoms with Gasteiger partial charge in [0.15, 0.2) is 0 Å². The maximum Gasteiger partial charge on any atom is 0.269 e. The van der Waals surface area contributed by atoms with Gasteiger partial charge >= 0.3 is 0 Å². The van der Waals surface area contributed by atoms with E-state index < -0.39 is 15.1 Å². The lowest BCUT2D eigenvalue weighted by molar-refractivity contribution is -0.479. The van der Waals surface area contributed by atoms with Crippen LogP contribution in [0.25, 0.3) is 0 Å². The molecule has 2 rings (SSSR count). The Labute approximate surface area is 135 Å². The smallest absolute Gasteiger partial charge is 0.264 e. The van der Waals surface area contributed by atoms with Crippen LogP contribution in [-0.4, -0.2) is 16.4 Å². The zero-order chi connectivity index (χ0) is 16.1. The molecule has 0 bridgehead atoms. The van der Waals surface area contributed by atoms with Crippen molar-refractivity contribution < 1.29 is 9.85 Å². The summed E-state index contributed by atoms with van der Waals surface area (Å²) in [7, 11) is 0. The molecule has 0 saturated carbocycles. The summed E-state index contributed by atoms with van der Waals surface area (Å²) in [4.78, 5) is 21.6. The van der Waals surface area contributed by atoms with Crippen molar-refractivity contribution in [2.24, 2.45) is 0 Å². The Morgan fingerprint density at radius 3 is 2.36 bits per heavy atom. The number of nitrogens with zero attached hydrogens (tertiary/aromatic N) is 2. The van der Waals surface area contributed by atoms with E-state index in [1.165, 1.54) is 30.0 Å². The van der Waals surface area contributed by atoms with Gasteiger partial charge in [0.2, 0.25) is 6.54 Å². The summed E-state index contributed by atoms with van der Waals surface area (Å²) < 4.78 is 0. The van der Waals surface area contributed by atoms with Gasteiger partial charge in [-0.2, -0.15) is 0 Å². The third-order valence-electron chi connectivity index (χ3n) is 2.86. The summed E-state index contributed by atoms with van der Waals surface area (Å²) in [6.07, 6.45) is 0. The number of rotatable bonds is 6. The lowest BCUT2D eigenvalue weighted by Crippen LogP contribution is -2.10. The minimum Gasteiger partial charge on any atom is -0.264 e. The SMILES string of the molecule is O=[N+]([O-])CC(Sc1ccc(Cl)cc1)c1cccc([N+](=O)[O-])c1. The highest BCUT2D eigenvalue weighted by atomic mass is 35.5. The van der Waals surface area contributed by atoms with Gasteiger partial charge in [-0.15, -0.1) is 11.8 Å². The van der Waals surface area contributed by atoms with Crippen molar-refractivity contribution in [3.05, 3.63) is 79.3 Å².